The highest BCUT2D eigenvalue weighted by molar-refractivity contribution is 6.00. The van der Waals surface area contributed by atoms with Gasteiger partial charge in [-0.2, -0.15) is 0 Å². The lowest BCUT2D eigenvalue weighted by molar-refractivity contribution is 0.0939. The molecule has 1 amide bonds. The van der Waals surface area contributed by atoms with Gasteiger partial charge in [-0.05, 0) is 25.5 Å². The van der Waals surface area contributed by atoms with Crippen LogP contribution in [0.1, 0.15) is 37.0 Å². The molecule has 98 valence electrons. The topological polar surface area (TPSA) is 47.6 Å². The third kappa shape index (κ3) is 2.75. The normalized spacial score (nSPS) is 18.3. The first-order valence-corrected chi connectivity index (χ1v) is 6.42. The molecule has 0 aliphatic carbocycles. The lowest BCUT2D eigenvalue weighted by Crippen LogP contribution is -2.34. The number of carbonyl (C=O) groups excluding carboxylic acids is 1. The Balaban J connectivity index is 2.24. The van der Waals surface area contributed by atoms with Gasteiger partial charge in [-0.1, -0.05) is 19.4 Å². The van der Waals surface area contributed by atoms with Gasteiger partial charge in [-0.25, -0.2) is 0 Å². The van der Waals surface area contributed by atoms with Crippen molar-refractivity contribution >= 4 is 5.91 Å². The van der Waals surface area contributed by atoms with Crippen LogP contribution in [0.2, 0.25) is 0 Å². The van der Waals surface area contributed by atoms with E-state index in [1.54, 1.807) is 6.07 Å². The molecule has 0 radical (unpaired) electrons. The van der Waals surface area contributed by atoms with Gasteiger partial charge in [0.25, 0.3) is 5.91 Å². The Morgan fingerprint density at radius 2 is 2.33 bits per heavy atom. The fourth-order valence-electron chi connectivity index (χ4n) is 1.85. The number of hydrogen-bond acceptors (Lipinski definition) is 3. The van der Waals surface area contributed by atoms with Crippen molar-refractivity contribution in [2.45, 2.75) is 32.7 Å². The molecule has 18 heavy (non-hydrogen) atoms. The minimum atomic E-state index is -0.123. The Bertz CT molecular complexity index is 431. The number of hydrogen-bond donors (Lipinski definition) is 1. The maximum absolute atomic E-state index is 12.1. The van der Waals surface area contributed by atoms with E-state index in [0.29, 0.717) is 30.3 Å². The van der Waals surface area contributed by atoms with E-state index in [-0.39, 0.29) is 11.9 Å². The number of nitrogens with one attached hydrogen (secondary N) is 1. The van der Waals surface area contributed by atoms with Crippen molar-refractivity contribution in [3.63, 3.8) is 0 Å². The summed E-state index contributed by atoms with van der Waals surface area (Å²) in [6.07, 6.45) is 2.04. The van der Waals surface area contributed by atoms with E-state index in [4.69, 9.17) is 9.47 Å². The van der Waals surface area contributed by atoms with Crippen LogP contribution in [0.3, 0.4) is 0 Å². The Labute approximate surface area is 107 Å². The zero-order valence-electron chi connectivity index (χ0n) is 10.9. The van der Waals surface area contributed by atoms with Gasteiger partial charge in [-0.15, -0.1) is 0 Å². The molecule has 1 aromatic carbocycles. The van der Waals surface area contributed by atoms with Crippen LogP contribution in [-0.2, 0) is 0 Å². The number of rotatable bonds is 4. The lowest BCUT2D eigenvalue weighted by atomic mass is 10.1. The number of ether oxygens (including phenoxy) is 2. The molecule has 0 fully saturated rings. The van der Waals surface area contributed by atoms with Crippen LogP contribution in [0.15, 0.2) is 18.2 Å². The fourth-order valence-corrected chi connectivity index (χ4v) is 1.85. The average Bonchev–Trinajstić information content (AvgIpc) is 2.50. The molecule has 1 atom stereocenters. The van der Waals surface area contributed by atoms with Crippen molar-refractivity contribution in [3.8, 4) is 11.5 Å². The predicted molar refractivity (Wildman–Crippen MR) is 69.3 cm³/mol. The monoisotopic (exact) mass is 249 g/mol. The SMILES string of the molecule is CCCCOc1cccc2c1C(=O)N[C@@H](C)CO2. The number of carbonyl (C=O) groups is 1. The van der Waals surface area contributed by atoms with Gasteiger partial charge in [0.15, 0.2) is 0 Å². The summed E-state index contributed by atoms with van der Waals surface area (Å²) < 4.78 is 11.3. The van der Waals surface area contributed by atoms with Gasteiger partial charge in [0.2, 0.25) is 0 Å². The molecule has 1 heterocycles. The second kappa shape index (κ2) is 5.76. The second-order valence-corrected chi connectivity index (χ2v) is 4.52. The summed E-state index contributed by atoms with van der Waals surface area (Å²) in [5.74, 6) is 1.08. The number of unbranched alkanes of at least 4 members (excludes halogenated alkanes) is 1. The predicted octanol–water partition coefficient (Wildman–Crippen LogP) is 2.38. The quantitative estimate of drug-likeness (QED) is 0.833. The highest BCUT2D eigenvalue weighted by Crippen LogP contribution is 2.30. The van der Waals surface area contributed by atoms with Crippen molar-refractivity contribution in [3.05, 3.63) is 23.8 Å². The summed E-state index contributed by atoms with van der Waals surface area (Å²) >= 11 is 0. The molecule has 0 bridgehead atoms. The molecule has 4 nitrogen and oxygen atoms in total. The first kappa shape index (κ1) is 12.7. The van der Waals surface area contributed by atoms with Crippen LogP contribution in [0.5, 0.6) is 11.5 Å². The van der Waals surface area contributed by atoms with Crippen molar-refractivity contribution in [2.75, 3.05) is 13.2 Å². The Kier molecular flexibility index (Phi) is 4.07. The van der Waals surface area contributed by atoms with Gasteiger partial charge >= 0.3 is 0 Å². The minimum absolute atomic E-state index is 0.00777. The molecule has 2 rings (SSSR count). The minimum Gasteiger partial charge on any atom is -0.493 e. The summed E-state index contributed by atoms with van der Waals surface area (Å²) in [5.41, 5.74) is 0.512. The van der Waals surface area contributed by atoms with Crippen LogP contribution in [-0.4, -0.2) is 25.2 Å². The Hall–Kier alpha value is -1.71. The lowest BCUT2D eigenvalue weighted by Gasteiger charge is -2.12. The Morgan fingerprint density at radius 3 is 3.11 bits per heavy atom. The van der Waals surface area contributed by atoms with Gasteiger partial charge in [-0.3, -0.25) is 4.79 Å². The maximum atomic E-state index is 12.1. The summed E-state index contributed by atoms with van der Waals surface area (Å²) in [4.78, 5) is 12.1. The first-order chi connectivity index (χ1) is 8.72. The van der Waals surface area contributed by atoms with Crippen LogP contribution >= 0.6 is 0 Å². The molecule has 0 saturated heterocycles. The number of fused-ring (bicyclic) bond motifs is 1. The van der Waals surface area contributed by atoms with Crippen LogP contribution in [0.25, 0.3) is 0 Å². The third-order valence-corrected chi connectivity index (χ3v) is 2.84. The molecule has 0 aromatic heterocycles. The van der Waals surface area contributed by atoms with E-state index >= 15 is 0 Å². The van der Waals surface area contributed by atoms with E-state index in [9.17, 15) is 4.79 Å². The molecule has 0 unspecified atom stereocenters. The van der Waals surface area contributed by atoms with Crippen molar-refractivity contribution in [1.82, 2.24) is 5.32 Å². The zero-order chi connectivity index (χ0) is 13.0. The van der Waals surface area contributed by atoms with Crippen LogP contribution in [0.4, 0.5) is 0 Å². The fraction of sp³-hybridized carbons (Fsp3) is 0.500. The van der Waals surface area contributed by atoms with Crippen molar-refractivity contribution < 1.29 is 14.3 Å². The third-order valence-electron chi connectivity index (χ3n) is 2.84. The zero-order valence-corrected chi connectivity index (χ0v) is 10.9. The smallest absolute Gasteiger partial charge is 0.259 e. The van der Waals surface area contributed by atoms with Gasteiger partial charge in [0.05, 0.1) is 12.6 Å². The number of benzene rings is 1. The second-order valence-electron chi connectivity index (χ2n) is 4.52. The molecule has 1 N–H and O–H groups in total. The van der Waals surface area contributed by atoms with Crippen LogP contribution < -0.4 is 14.8 Å². The maximum Gasteiger partial charge on any atom is 0.259 e. The van der Waals surface area contributed by atoms with E-state index in [1.165, 1.54) is 0 Å². The Morgan fingerprint density at radius 1 is 1.50 bits per heavy atom. The molecular formula is C14H19NO3. The van der Waals surface area contributed by atoms with Gasteiger partial charge in [0, 0.05) is 0 Å². The number of amides is 1. The molecular weight excluding hydrogens is 230 g/mol. The molecule has 1 aromatic rings. The molecule has 0 spiro atoms. The molecule has 0 saturated carbocycles. The van der Waals surface area contributed by atoms with Crippen molar-refractivity contribution in [1.29, 1.82) is 0 Å². The molecule has 4 heteroatoms. The molecule has 1 aliphatic rings. The van der Waals surface area contributed by atoms with E-state index in [1.807, 2.05) is 19.1 Å². The largest absolute Gasteiger partial charge is 0.493 e. The van der Waals surface area contributed by atoms with Gasteiger partial charge in [0.1, 0.15) is 23.7 Å². The first-order valence-electron chi connectivity index (χ1n) is 6.42. The van der Waals surface area contributed by atoms with Crippen LogP contribution in [0, 0.1) is 0 Å². The standard InChI is InChI=1S/C14H19NO3/c1-3-4-8-17-11-6-5-7-12-13(11)14(16)15-10(2)9-18-12/h5-7,10H,3-4,8-9H2,1-2H3,(H,15,16)/t10-/m0/s1. The van der Waals surface area contributed by atoms with E-state index in [0.717, 1.165) is 12.8 Å². The van der Waals surface area contributed by atoms with E-state index < -0.39 is 0 Å². The summed E-state index contributed by atoms with van der Waals surface area (Å²) in [7, 11) is 0. The summed E-state index contributed by atoms with van der Waals surface area (Å²) in [6, 6.07) is 5.48. The average molecular weight is 249 g/mol. The van der Waals surface area contributed by atoms with Gasteiger partial charge < -0.3 is 14.8 Å². The molecule has 1 aliphatic heterocycles. The van der Waals surface area contributed by atoms with Crippen molar-refractivity contribution in [2.24, 2.45) is 0 Å². The highest BCUT2D eigenvalue weighted by Gasteiger charge is 2.23. The summed E-state index contributed by atoms with van der Waals surface area (Å²) in [6.45, 7) is 5.13. The van der Waals surface area contributed by atoms with E-state index in [2.05, 4.69) is 12.2 Å². The highest BCUT2D eigenvalue weighted by atomic mass is 16.5. The summed E-state index contributed by atoms with van der Waals surface area (Å²) in [5, 5.41) is 2.88.